The minimum absolute atomic E-state index is 0.855. The summed E-state index contributed by atoms with van der Waals surface area (Å²) in [5.74, 6) is 0. The van der Waals surface area contributed by atoms with Crippen LogP contribution in [0.25, 0.3) is 0 Å². The van der Waals surface area contributed by atoms with Gasteiger partial charge in [-0.1, -0.05) is 3.89 Å². The fourth-order valence-electron chi connectivity index (χ4n) is 0.115. The highest BCUT2D eigenvalue weighted by molar-refractivity contribution is 7.81. The molecule has 0 heterocycles. The quantitative estimate of drug-likeness (QED) is 0.396. The van der Waals surface area contributed by atoms with Gasteiger partial charge in [-0.2, -0.15) is 8.42 Å². The number of hydrogen-bond acceptors (Lipinski definition) is 5. The van der Waals surface area contributed by atoms with Gasteiger partial charge in [0, 0.05) is 0 Å². The summed E-state index contributed by atoms with van der Waals surface area (Å²) in [5, 5.41) is 0. The van der Waals surface area contributed by atoms with Gasteiger partial charge in [0.05, 0.1) is 7.11 Å². The molecule has 0 aromatic rings. The second kappa shape index (κ2) is 2.62. The standard InChI is InChI=1S/C2H3FO5S/c1-7-2(4)8-9(3,5)6/h1H3. The average molecular weight is 158 g/mol. The number of carbonyl (C=O) groups is 1. The Morgan fingerprint density at radius 1 is 1.56 bits per heavy atom. The predicted octanol–water partition coefficient (Wildman–Crippen LogP) is -0.0163. The third kappa shape index (κ3) is 5.01. The Balaban J connectivity index is 3.91. The fraction of sp³-hybridized carbons (Fsp3) is 0.500. The van der Waals surface area contributed by atoms with Gasteiger partial charge in [0.2, 0.25) is 0 Å². The molecule has 0 aliphatic carbocycles. The van der Waals surface area contributed by atoms with Crippen LogP contribution < -0.4 is 0 Å². The van der Waals surface area contributed by atoms with Gasteiger partial charge in [-0.05, 0) is 0 Å². The van der Waals surface area contributed by atoms with Gasteiger partial charge in [-0.3, -0.25) is 4.18 Å². The third-order valence-electron chi connectivity index (χ3n) is 0.334. The maximum atomic E-state index is 11.3. The minimum atomic E-state index is -5.21. The van der Waals surface area contributed by atoms with Crippen molar-refractivity contribution in [2.75, 3.05) is 7.11 Å². The van der Waals surface area contributed by atoms with Crippen LogP contribution in [-0.4, -0.2) is 21.7 Å². The second-order valence-corrected chi connectivity index (χ2v) is 1.88. The molecule has 0 N–H and O–H groups in total. The van der Waals surface area contributed by atoms with Crippen LogP contribution in [0.2, 0.25) is 0 Å². The maximum absolute atomic E-state index is 11.3. The first-order chi connectivity index (χ1) is 3.95. The molecule has 5 nitrogen and oxygen atoms in total. The van der Waals surface area contributed by atoms with E-state index in [0.29, 0.717) is 0 Å². The molecule has 0 unspecified atom stereocenters. The molecule has 7 heteroatoms. The van der Waals surface area contributed by atoms with Gasteiger partial charge in [-0.25, -0.2) is 4.79 Å². The highest BCUT2D eigenvalue weighted by atomic mass is 32.3. The zero-order valence-electron chi connectivity index (χ0n) is 4.33. The van der Waals surface area contributed by atoms with Gasteiger partial charge < -0.3 is 4.74 Å². The molecule has 0 bridgehead atoms. The van der Waals surface area contributed by atoms with Gasteiger partial charge >= 0.3 is 16.7 Å². The molecule has 0 saturated heterocycles. The number of ether oxygens (including phenoxy) is 1. The van der Waals surface area contributed by atoms with Crippen LogP contribution in [0.1, 0.15) is 0 Å². The SMILES string of the molecule is COC(=O)OS(=O)(=O)F. The molecule has 0 fully saturated rings. The van der Waals surface area contributed by atoms with Crippen molar-refractivity contribution < 1.29 is 26.0 Å². The lowest BCUT2D eigenvalue weighted by Crippen LogP contribution is -2.07. The normalized spacial score (nSPS) is 10.4. The van der Waals surface area contributed by atoms with Crippen LogP contribution in [0.5, 0.6) is 0 Å². The summed E-state index contributed by atoms with van der Waals surface area (Å²) in [5.41, 5.74) is 0. The van der Waals surface area contributed by atoms with Crippen molar-refractivity contribution in [2.24, 2.45) is 0 Å². The van der Waals surface area contributed by atoms with E-state index in [1.54, 1.807) is 0 Å². The number of rotatable bonds is 1. The molecule has 0 saturated carbocycles. The lowest BCUT2D eigenvalue weighted by Gasteiger charge is -1.92. The van der Waals surface area contributed by atoms with Gasteiger partial charge in [0.15, 0.2) is 0 Å². The first-order valence-corrected chi connectivity index (χ1v) is 2.98. The van der Waals surface area contributed by atoms with Crippen molar-refractivity contribution in [1.29, 1.82) is 0 Å². The van der Waals surface area contributed by atoms with E-state index in [9.17, 15) is 17.1 Å². The fourth-order valence-corrected chi connectivity index (χ4v) is 0.346. The Morgan fingerprint density at radius 3 is 2.11 bits per heavy atom. The maximum Gasteiger partial charge on any atom is 0.525 e. The van der Waals surface area contributed by atoms with Crippen molar-refractivity contribution in [3.05, 3.63) is 0 Å². The summed E-state index contributed by atoms with van der Waals surface area (Å²) in [6.45, 7) is 0. The van der Waals surface area contributed by atoms with Crippen LogP contribution in [0.3, 0.4) is 0 Å². The van der Waals surface area contributed by atoms with E-state index in [1.165, 1.54) is 0 Å². The van der Waals surface area contributed by atoms with E-state index in [1.807, 2.05) is 0 Å². The molecular formula is C2H3FO5S. The summed E-state index contributed by atoms with van der Waals surface area (Å²) in [4.78, 5) is 9.76. The minimum Gasteiger partial charge on any atom is -0.437 e. The Hall–Kier alpha value is -0.850. The summed E-state index contributed by atoms with van der Waals surface area (Å²) in [6, 6.07) is 0. The summed E-state index contributed by atoms with van der Waals surface area (Å²) in [7, 11) is -4.36. The van der Waals surface area contributed by atoms with Crippen LogP contribution in [0, 0.1) is 0 Å². The molecule has 0 aromatic carbocycles. The van der Waals surface area contributed by atoms with Crippen molar-refractivity contribution in [2.45, 2.75) is 0 Å². The van der Waals surface area contributed by atoms with Crippen LogP contribution in [0.4, 0.5) is 8.68 Å². The first kappa shape index (κ1) is 8.15. The highest BCUT2D eigenvalue weighted by Gasteiger charge is 2.14. The predicted molar refractivity (Wildman–Crippen MR) is 23.5 cm³/mol. The number of carbonyl (C=O) groups excluding carboxylic acids is 1. The van der Waals surface area contributed by atoms with Gasteiger partial charge in [-0.15, -0.1) is 0 Å². The van der Waals surface area contributed by atoms with E-state index in [2.05, 4.69) is 8.92 Å². The van der Waals surface area contributed by atoms with E-state index in [4.69, 9.17) is 0 Å². The van der Waals surface area contributed by atoms with Gasteiger partial charge in [0.1, 0.15) is 0 Å². The molecule has 0 aliphatic heterocycles. The Labute approximate surface area is 50.8 Å². The van der Waals surface area contributed by atoms with Crippen molar-refractivity contribution in [3.63, 3.8) is 0 Å². The molecule has 0 aromatic heterocycles. The first-order valence-electron chi connectivity index (χ1n) is 1.67. The number of halogens is 1. The highest BCUT2D eigenvalue weighted by Crippen LogP contribution is 1.94. The smallest absolute Gasteiger partial charge is 0.437 e. The monoisotopic (exact) mass is 158 g/mol. The molecule has 0 radical (unpaired) electrons. The van der Waals surface area contributed by atoms with Crippen molar-refractivity contribution in [1.82, 2.24) is 0 Å². The Morgan fingerprint density at radius 2 is 2.00 bits per heavy atom. The Kier molecular flexibility index (Phi) is 2.38. The molecular weight excluding hydrogens is 155 g/mol. The molecule has 0 rings (SSSR count). The molecule has 0 spiro atoms. The zero-order chi connectivity index (χ0) is 7.49. The van der Waals surface area contributed by atoms with Crippen LogP contribution >= 0.6 is 0 Å². The molecule has 54 valence electrons. The lowest BCUT2D eigenvalue weighted by atomic mass is 11.4. The van der Waals surface area contributed by atoms with Gasteiger partial charge in [0.25, 0.3) is 0 Å². The number of hydrogen-bond donors (Lipinski definition) is 0. The van der Waals surface area contributed by atoms with E-state index in [-0.39, 0.29) is 0 Å². The van der Waals surface area contributed by atoms with Crippen LogP contribution in [-0.2, 0) is 19.4 Å². The van der Waals surface area contributed by atoms with Crippen molar-refractivity contribution >= 4 is 16.7 Å². The van der Waals surface area contributed by atoms with E-state index < -0.39 is 16.7 Å². The second-order valence-electron chi connectivity index (χ2n) is 0.931. The summed E-state index contributed by atoms with van der Waals surface area (Å²) in [6.07, 6.45) is -1.60. The van der Waals surface area contributed by atoms with E-state index in [0.717, 1.165) is 7.11 Å². The summed E-state index contributed by atoms with van der Waals surface area (Å²) >= 11 is 0. The van der Waals surface area contributed by atoms with E-state index >= 15 is 0 Å². The molecule has 0 amide bonds. The molecule has 0 atom stereocenters. The molecule has 0 aliphatic rings. The molecule has 9 heavy (non-hydrogen) atoms. The number of methoxy groups -OCH3 is 1. The topological polar surface area (TPSA) is 69.7 Å². The lowest BCUT2D eigenvalue weighted by molar-refractivity contribution is 0.121. The third-order valence-corrected chi connectivity index (χ3v) is 0.669. The Bertz CT molecular complexity index is 193. The van der Waals surface area contributed by atoms with Crippen LogP contribution in [0.15, 0.2) is 0 Å². The summed E-state index contributed by atoms with van der Waals surface area (Å²) < 4.78 is 36.8. The zero-order valence-corrected chi connectivity index (χ0v) is 5.14. The van der Waals surface area contributed by atoms with Crippen molar-refractivity contribution in [3.8, 4) is 0 Å². The largest absolute Gasteiger partial charge is 0.525 e. The average Bonchev–Trinajstić information content (AvgIpc) is 1.62.